The molecule has 0 amide bonds. The van der Waals surface area contributed by atoms with Crippen molar-refractivity contribution in [1.29, 1.82) is 0 Å². The lowest BCUT2D eigenvalue weighted by Gasteiger charge is -2.24. The second kappa shape index (κ2) is 5.13. The monoisotopic (exact) mass is 198 g/mol. The van der Waals surface area contributed by atoms with Gasteiger partial charge in [0.2, 0.25) is 5.78 Å². The lowest BCUT2D eigenvalue weighted by Crippen LogP contribution is -2.28. The van der Waals surface area contributed by atoms with Crippen molar-refractivity contribution in [1.82, 2.24) is 0 Å². The Morgan fingerprint density at radius 3 is 2.29 bits per heavy atom. The van der Waals surface area contributed by atoms with Gasteiger partial charge in [0, 0.05) is 5.92 Å². The van der Waals surface area contributed by atoms with Gasteiger partial charge in [-0.3, -0.25) is 4.79 Å². The lowest BCUT2D eigenvalue weighted by molar-refractivity contribution is -0.155. The molecule has 0 aromatic carbocycles. The molecule has 0 heterocycles. The van der Waals surface area contributed by atoms with Crippen LogP contribution < -0.4 is 0 Å². The van der Waals surface area contributed by atoms with E-state index in [0.29, 0.717) is 5.92 Å². The third-order valence-corrected chi connectivity index (χ3v) is 2.86. The summed E-state index contributed by atoms with van der Waals surface area (Å²) in [5, 5.41) is 0. The van der Waals surface area contributed by atoms with Gasteiger partial charge in [0.25, 0.3) is 0 Å². The minimum absolute atomic E-state index is 0.0785. The molecule has 0 aromatic heterocycles. The molecular weight excluding hydrogens is 180 g/mol. The molecule has 0 bridgehead atoms. The highest BCUT2D eigenvalue weighted by molar-refractivity contribution is 6.34. The van der Waals surface area contributed by atoms with Gasteiger partial charge in [-0.25, -0.2) is 4.79 Å². The van der Waals surface area contributed by atoms with Crippen LogP contribution in [0.15, 0.2) is 0 Å². The molecule has 1 aliphatic carbocycles. The van der Waals surface area contributed by atoms with Gasteiger partial charge in [-0.2, -0.15) is 0 Å². The summed E-state index contributed by atoms with van der Waals surface area (Å²) in [6.45, 7) is 4.19. The summed E-state index contributed by atoms with van der Waals surface area (Å²) in [7, 11) is 0. The number of ether oxygens (including phenoxy) is 1. The van der Waals surface area contributed by atoms with E-state index in [4.69, 9.17) is 4.74 Å². The molecule has 1 rings (SSSR count). The van der Waals surface area contributed by atoms with Crippen LogP contribution >= 0.6 is 0 Å². The van der Waals surface area contributed by atoms with E-state index in [1.54, 1.807) is 6.92 Å². The zero-order valence-corrected chi connectivity index (χ0v) is 8.91. The number of carbonyl (C=O) groups is 2. The molecule has 0 N–H and O–H groups in total. The molecule has 0 atom stereocenters. The van der Waals surface area contributed by atoms with Crippen LogP contribution in [0.25, 0.3) is 0 Å². The Bertz CT molecular complexity index is 215. The summed E-state index contributed by atoms with van der Waals surface area (Å²) in [4.78, 5) is 22.7. The molecule has 0 spiro atoms. The SMILES string of the molecule is CCOC(=O)C(=O)C1CCC(C)CC1. The standard InChI is InChI=1S/C11H18O3/c1-3-14-11(13)10(12)9-6-4-8(2)5-7-9/h8-9H,3-7H2,1-2H3. The Morgan fingerprint density at radius 2 is 1.79 bits per heavy atom. The summed E-state index contributed by atoms with van der Waals surface area (Å²) < 4.78 is 4.70. The van der Waals surface area contributed by atoms with Crippen LogP contribution in [0, 0.1) is 11.8 Å². The average molecular weight is 198 g/mol. The van der Waals surface area contributed by atoms with Crippen LogP contribution in [0.4, 0.5) is 0 Å². The van der Waals surface area contributed by atoms with Gasteiger partial charge in [-0.15, -0.1) is 0 Å². The van der Waals surface area contributed by atoms with E-state index in [9.17, 15) is 9.59 Å². The summed E-state index contributed by atoms with van der Waals surface area (Å²) in [5.74, 6) is -0.350. The van der Waals surface area contributed by atoms with E-state index in [0.717, 1.165) is 25.7 Å². The average Bonchev–Trinajstić information content (AvgIpc) is 2.18. The van der Waals surface area contributed by atoms with Gasteiger partial charge in [-0.05, 0) is 25.7 Å². The molecule has 14 heavy (non-hydrogen) atoms. The molecule has 0 saturated heterocycles. The minimum atomic E-state index is -0.646. The first kappa shape index (κ1) is 11.2. The molecule has 3 nitrogen and oxygen atoms in total. The van der Waals surface area contributed by atoms with Crippen molar-refractivity contribution in [3.8, 4) is 0 Å². The number of ketones is 1. The van der Waals surface area contributed by atoms with Crippen LogP contribution in [0.1, 0.15) is 39.5 Å². The second-order valence-electron chi connectivity index (χ2n) is 4.04. The van der Waals surface area contributed by atoms with Crippen molar-refractivity contribution in [3.05, 3.63) is 0 Å². The van der Waals surface area contributed by atoms with Crippen molar-refractivity contribution in [3.63, 3.8) is 0 Å². The molecule has 0 unspecified atom stereocenters. The fourth-order valence-corrected chi connectivity index (χ4v) is 1.89. The molecule has 0 radical (unpaired) electrons. The first-order chi connectivity index (χ1) is 6.65. The van der Waals surface area contributed by atoms with Crippen molar-refractivity contribution in [2.24, 2.45) is 11.8 Å². The third kappa shape index (κ3) is 2.82. The third-order valence-electron chi connectivity index (χ3n) is 2.86. The van der Waals surface area contributed by atoms with E-state index < -0.39 is 5.97 Å². The molecular formula is C11H18O3. The number of rotatable bonds is 3. The maximum Gasteiger partial charge on any atom is 0.374 e. The molecule has 1 saturated carbocycles. The summed E-state index contributed by atoms with van der Waals surface area (Å²) in [5.41, 5.74) is 0. The zero-order chi connectivity index (χ0) is 10.6. The zero-order valence-electron chi connectivity index (χ0n) is 8.91. The van der Waals surface area contributed by atoms with Gasteiger partial charge in [0.15, 0.2) is 0 Å². The highest BCUT2D eigenvalue weighted by atomic mass is 16.5. The predicted octanol–water partition coefficient (Wildman–Crippen LogP) is 1.94. The summed E-state index contributed by atoms with van der Waals surface area (Å²) in [6.07, 6.45) is 3.79. The Balaban J connectivity index is 2.41. The van der Waals surface area contributed by atoms with Gasteiger partial charge < -0.3 is 4.74 Å². The maximum atomic E-state index is 11.5. The van der Waals surface area contributed by atoms with Crippen molar-refractivity contribution < 1.29 is 14.3 Å². The minimum Gasteiger partial charge on any atom is -0.460 e. The van der Waals surface area contributed by atoms with Gasteiger partial charge in [-0.1, -0.05) is 19.8 Å². The first-order valence-electron chi connectivity index (χ1n) is 5.36. The number of Topliss-reactive ketones (excluding diaryl/α,β-unsaturated/α-hetero) is 1. The van der Waals surface area contributed by atoms with Crippen molar-refractivity contribution in [2.45, 2.75) is 39.5 Å². The maximum absolute atomic E-state index is 11.5. The normalized spacial score (nSPS) is 27.0. The largest absolute Gasteiger partial charge is 0.460 e. The molecule has 3 heteroatoms. The Morgan fingerprint density at radius 1 is 1.21 bits per heavy atom. The quantitative estimate of drug-likeness (QED) is 0.514. The Kier molecular flexibility index (Phi) is 4.11. The number of hydrogen-bond donors (Lipinski definition) is 0. The lowest BCUT2D eigenvalue weighted by atomic mass is 9.81. The highest BCUT2D eigenvalue weighted by Gasteiger charge is 2.29. The first-order valence-corrected chi connectivity index (χ1v) is 5.36. The Hall–Kier alpha value is -0.860. The second-order valence-corrected chi connectivity index (χ2v) is 4.04. The van der Waals surface area contributed by atoms with Crippen molar-refractivity contribution >= 4 is 11.8 Å². The topological polar surface area (TPSA) is 43.4 Å². The fourth-order valence-electron chi connectivity index (χ4n) is 1.89. The van der Waals surface area contributed by atoms with E-state index in [1.165, 1.54) is 0 Å². The smallest absolute Gasteiger partial charge is 0.374 e. The molecule has 80 valence electrons. The molecule has 0 aromatic rings. The van der Waals surface area contributed by atoms with Gasteiger partial charge in [0.1, 0.15) is 0 Å². The number of esters is 1. The van der Waals surface area contributed by atoms with E-state index >= 15 is 0 Å². The van der Waals surface area contributed by atoms with E-state index in [2.05, 4.69) is 6.92 Å². The van der Waals surface area contributed by atoms with Gasteiger partial charge >= 0.3 is 5.97 Å². The van der Waals surface area contributed by atoms with Crippen LogP contribution in [0.3, 0.4) is 0 Å². The number of hydrogen-bond acceptors (Lipinski definition) is 3. The van der Waals surface area contributed by atoms with Crippen LogP contribution in [-0.4, -0.2) is 18.4 Å². The van der Waals surface area contributed by atoms with Gasteiger partial charge in [0.05, 0.1) is 6.61 Å². The fraction of sp³-hybridized carbons (Fsp3) is 0.818. The van der Waals surface area contributed by atoms with Crippen LogP contribution in [0.5, 0.6) is 0 Å². The predicted molar refractivity (Wildman–Crippen MR) is 52.8 cm³/mol. The van der Waals surface area contributed by atoms with Crippen LogP contribution in [-0.2, 0) is 14.3 Å². The molecule has 1 aliphatic rings. The molecule has 1 fully saturated rings. The number of carbonyl (C=O) groups excluding carboxylic acids is 2. The highest BCUT2D eigenvalue weighted by Crippen LogP contribution is 2.28. The van der Waals surface area contributed by atoms with E-state index in [1.807, 2.05) is 0 Å². The van der Waals surface area contributed by atoms with E-state index in [-0.39, 0.29) is 18.3 Å². The Labute approximate surface area is 84.8 Å². The molecule has 0 aliphatic heterocycles. The van der Waals surface area contributed by atoms with Crippen molar-refractivity contribution in [2.75, 3.05) is 6.61 Å². The van der Waals surface area contributed by atoms with Crippen LogP contribution in [0.2, 0.25) is 0 Å². The summed E-state index contributed by atoms with van der Waals surface area (Å²) >= 11 is 0. The summed E-state index contributed by atoms with van der Waals surface area (Å²) in [6, 6.07) is 0.